The Labute approximate surface area is 147 Å². The van der Waals surface area contributed by atoms with Gasteiger partial charge < -0.3 is 22.1 Å². The van der Waals surface area contributed by atoms with Crippen molar-refractivity contribution in [2.24, 2.45) is 17.4 Å². The number of nitrogens with one attached hydrogen (secondary N) is 2. The highest BCUT2D eigenvalue weighted by Gasteiger charge is 2.17. The summed E-state index contributed by atoms with van der Waals surface area (Å²) in [5, 5.41) is 5.19. The average Bonchev–Trinajstić information content (AvgIpc) is 2.52. The molecule has 1 atom stereocenters. The van der Waals surface area contributed by atoms with E-state index in [1.165, 1.54) is 0 Å². The van der Waals surface area contributed by atoms with Crippen molar-refractivity contribution in [3.63, 3.8) is 0 Å². The average molecular weight is 357 g/mol. The lowest BCUT2D eigenvalue weighted by Crippen LogP contribution is -2.47. The summed E-state index contributed by atoms with van der Waals surface area (Å²) in [6.45, 7) is 3.96. The minimum atomic E-state index is -0.626. The van der Waals surface area contributed by atoms with Gasteiger partial charge in [-0.05, 0) is 30.0 Å². The third-order valence-electron chi connectivity index (χ3n) is 3.39. The van der Waals surface area contributed by atoms with Gasteiger partial charge in [-0.3, -0.25) is 14.4 Å². The van der Waals surface area contributed by atoms with Crippen molar-refractivity contribution in [3.05, 3.63) is 35.4 Å². The van der Waals surface area contributed by atoms with E-state index in [-0.39, 0.29) is 36.7 Å². The summed E-state index contributed by atoms with van der Waals surface area (Å²) in [7, 11) is 0. The highest BCUT2D eigenvalue weighted by Crippen LogP contribution is 2.05. The Morgan fingerprint density at radius 2 is 1.83 bits per heavy atom. The van der Waals surface area contributed by atoms with E-state index < -0.39 is 11.9 Å². The predicted octanol–water partition coefficient (Wildman–Crippen LogP) is -0.0345. The Bertz CT molecular complexity index is 578. The fourth-order valence-corrected chi connectivity index (χ4v) is 1.88. The van der Waals surface area contributed by atoms with Crippen LogP contribution in [0.1, 0.15) is 29.8 Å². The van der Waals surface area contributed by atoms with Crippen LogP contribution in [-0.4, -0.2) is 36.9 Å². The number of carbonyl (C=O) groups excluding carboxylic acids is 3. The first-order valence-electron chi connectivity index (χ1n) is 7.50. The van der Waals surface area contributed by atoms with E-state index >= 15 is 0 Å². The minimum absolute atomic E-state index is 0. The summed E-state index contributed by atoms with van der Waals surface area (Å²) < 4.78 is 0. The summed E-state index contributed by atoms with van der Waals surface area (Å²) in [5.41, 5.74) is 12.2. The summed E-state index contributed by atoms with van der Waals surface area (Å²) in [4.78, 5) is 34.4. The molecule has 0 aliphatic carbocycles. The van der Waals surface area contributed by atoms with Gasteiger partial charge in [0, 0.05) is 12.1 Å². The van der Waals surface area contributed by atoms with Gasteiger partial charge in [0.2, 0.25) is 17.7 Å². The molecule has 8 heteroatoms. The van der Waals surface area contributed by atoms with E-state index in [9.17, 15) is 14.4 Å². The minimum Gasteiger partial charge on any atom is -0.366 e. The highest BCUT2D eigenvalue weighted by molar-refractivity contribution is 5.92. The van der Waals surface area contributed by atoms with Crippen molar-refractivity contribution < 1.29 is 14.4 Å². The number of carbonyl (C=O) groups is 3. The molecule has 0 aliphatic rings. The van der Waals surface area contributed by atoms with Crippen LogP contribution in [-0.2, 0) is 16.0 Å². The summed E-state index contributed by atoms with van der Waals surface area (Å²) in [6.07, 6.45) is 0.562. The van der Waals surface area contributed by atoms with Gasteiger partial charge in [-0.25, -0.2) is 0 Å². The largest absolute Gasteiger partial charge is 0.366 e. The summed E-state index contributed by atoms with van der Waals surface area (Å²) in [6, 6.07) is 6.29. The SMILES string of the molecule is CC(C)[C@H](N)C(=O)NCC(=O)NCCc1cccc(C(N)=O)c1.Cl. The first kappa shape index (κ1) is 21.9. The van der Waals surface area contributed by atoms with E-state index in [0.717, 1.165) is 5.56 Å². The molecule has 0 bridgehead atoms. The molecule has 3 amide bonds. The van der Waals surface area contributed by atoms with Crippen molar-refractivity contribution >= 4 is 30.1 Å². The van der Waals surface area contributed by atoms with Crippen molar-refractivity contribution in [3.8, 4) is 0 Å². The number of nitrogens with two attached hydrogens (primary N) is 2. The van der Waals surface area contributed by atoms with Gasteiger partial charge in [-0.2, -0.15) is 0 Å². The molecule has 0 aliphatic heterocycles. The number of hydrogen-bond donors (Lipinski definition) is 4. The molecule has 0 fully saturated rings. The van der Waals surface area contributed by atoms with Gasteiger partial charge in [-0.15, -0.1) is 12.4 Å². The quantitative estimate of drug-likeness (QED) is 0.521. The maximum atomic E-state index is 11.7. The van der Waals surface area contributed by atoms with Crippen LogP contribution >= 0.6 is 12.4 Å². The normalized spacial score (nSPS) is 11.3. The zero-order valence-electron chi connectivity index (χ0n) is 13.9. The number of primary amides is 1. The molecule has 0 unspecified atom stereocenters. The standard InChI is InChI=1S/C16H24N4O3.ClH/c1-10(2)14(17)16(23)20-9-13(21)19-7-6-11-4-3-5-12(8-11)15(18)22;/h3-5,8,10,14H,6-7,9,17H2,1-2H3,(H2,18,22)(H,19,21)(H,20,23);1H/t14-;/m0./s1. The van der Waals surface area contributed by atoms with Gasteiger partial charge in [0.05, 0.1) is 12.6 Å². The lowest BCUT2D eigenvalue weighted by atomic mass is 10.1. The monoisotopic (exact) mass is 356 g/mol. The maximum absolute atomic E-state index is 11.7. The fourth-order valence-electron chi connectivity index (χ4n) is 1.88. The van der Waals surface area contributed by atoms with Gasteiger partial charge in [0.25, 0.3) is 0 Å². The Hall–Kier alpha value is -2.12. The third-order valence-corrected chi connectivity index (χ3v) is 3.39. The first-order chi connectivity index (χ1) is 10.8. The molecule has 1 aromatic carbocycles. The second-order valence-electron chi connectivity index (χ2n) is 5.65. The topological polar surface area (TPSA) is 127 Å². The molecule has 0 radical (unpaired) electrons. The number of hydrogen-bond acceptors (Lipinski definition) is 4. The van der Waals surface area contributed by atoms with Crippen LogP contribution in [0, 0.1) is 5.92 Å². The Morgan fingerprint density at radius 3 is 2.42 bits per heavy atom. The van der Waals surface area contributed by atoms with Gasteiger partial charge in [0.1, 0.15) is 0 Å². The second-order valence-corrected chi connectivity index (χ2v) is 5.65. The summed E-state index contributed by atoms with van der Waals surface area (Å²) in [5.74, 6) is -1.11. The van der Waals surface area contributed by atoms with Crippen molar-refractivity contribution in [2.75, 3.05) is 13.1 Å². The van der Waals surface area contributed by atoms with Gasteiger partial charge >= 0.3 is 0 Å². The molecule has 0 spiro atoms. The Kier molecular flexibility index (Phi) is 9.68. The van der Waals surface area contributed by atoms with E-state index in [4.69, 9.17) is 11.5 Å². The summed E-state index contributed by atoms with van der Waals surface area (Å²) >= 11 is 0. The number of benzene rings is 1. The molecule has 1 rings (SSSR count). The third kappa shape index (κ3) is 7.43. The zero-order chi connectivity index (χ0) is 17.4. The molecule has 1 aromatic rings. The van der Waals surface area contributed by atoms with Crippen molar-refractivity contribution in [1.82, 2.24) is 10.6 Å². The van der Waals surface area contributed by atoms with Crippen LogP contribution in [0.2, 0.25) is 0 Å². The van der Waals surface area contributed by atoms with Crippen molar-refractivity contribution in [1.29, 1.82) is 0 Å². The highest BCUT2D eigenvalue weighted by atomic mass is 35.5. The van der Waals surface area contributed by atoms with Crippen LogP contribution in [0.25, 0.3) is 0 Å². The smallest absolute Gasteiger partial charge is 0.248 e. The molecule has 0 heterocycles. The molecule has 134 valence electrons. The molecule has 0 saturated carbocycles. The van der Waals surface area contributed by atoms with Crippen molar-refractivity contribution in [2.45, 2.75) is 26.3 Å². The molecular formula is C16H25ClN4O3. The predicted molar refractivity (Wildman–Crippen MR) is 94.7 cm³/mol. The van der Waals surface area contributed by atoms with E-state index in [0.29, 0.717) is 18.5 Å². The Balaban J connectivity index is 0.00000529. The molecular weight excluding hydrogens is 332 g/mol. The van der Waals surface area contributed by atoms with Crippen LogP contribution in [0.4, 0.5) is 0 Å². The number of amides is 3. The lowest BCUT2D eigenvalue weighted by molar-refractivity contribution is -0.127. The van der Waals surface area contributed by atoms with Crippen LogP contribution in [0.3, 0.4) is 0 Å². The maximum Gasteiger partial charge on any atom is 0.248 e. The zero-order valence-corrected chi connectivity index (χ0v) is 14.7. The first-order valence-corrected chi connectivity index (χ1v) is 7.50. The second kappa shape index (κ2) is 10.6. The fraction of sp³-hybridized carbons (Fsp3) is 0.438. The Morgan fingerprint density at radius 1 is 1.17 bits per heavy atom. The molecule has 0 saturated heterocycles. The number of rotatable bonds is 8. The lowest BCUT2D eigenvalue weighted by Gasteiger charge is -2.15. The van der Waals surface area contributed by atoms with E-state index in [2.05, 4.69) is 10.6 Å². The molecule has 6 N–H and O–H groups in total. The van der Waals surface area contributed by atoms with E-state index in [1.54, 1.807) is 18.2 Å². The molecule has 0 aromatic heterocycles. The van der Waals surface area contributed by atoms with Crippen LogP contribution in [0.5, 0.6) is 0 Å². The number of halogens is 1. The van der Waals surface area contributed by atoms with E-state index in [1.807, 2.05) is 19.9 Å². The van der Waals surface area contributed by atoms with Crippen LogP contribution < -0.4 is 22.1 Å². The molecule has 24 heavy (non-hydrogen) atoms. The van der Waals surface area contributed by atoms with Gasteiger partial charge in [0.15, 0.2) is 0 Å². The van der Waals surface area contributed by atoms with Gasteiger partial charge in [-0.1, -0.05) is 26.0 Å². The molecule has 7 nitrogen and oxygen atoms in total. The van der Waals surface area contributed by atoms with Crippen LogP contribution in [0.15, 0.2) is 24.3 Å².